The summed E-state index contributed by atoms with van der Waals surface area (Å²) in [7, 11) is 0. The lowest BCUT2D eigenvalue weighted by molar-refractivity contribution is 0.551. The summed E-state index contributed by atoms with van der Waals surface area (Å²) in [5.41, 5.74) is 2.06. The van der Waals surface area contributed by atoms with E-state index in [2.05, 4.69) is 11.9 Å². The molecule has 1 nitrogen and oxygen atoms in total. The normalized spacial score (nSPS) is 18.1. The van der Waals surface area contributed by atoms with Crippen molar-refractivity contribution in [1.82, 2.24) is 5.32 Å². The van der Waals surface area contributed by atoms with Gasteiger partial charge >= 0.3 is 0 Å². The molecule has 17 heavy (non-hydrogen) atoms. The minimum Gasteiger partial charge on any atom is -0.309 e. The van der Waals surface area contributed by atoms with E-state index in [1.807, 2.05) is 23.9 Å². The molecule has 92 valence electrons. The molecule has 1 atom stereocenters. The monoisotopic (exact) mass is 251 g/mol. The number of hydrogen-bond donors (Lipinski definition) is 1. The van der Waals surface area contributed by atoms with Crippen molar-refractivity contribution in [2.75, 3.05) is 18.1 Å². The van der Waals surface area contributed by atoms with Gasteiger partial charge in [0.1, 0.15) is 5.82 Å². The third-order valence-corrected chi connectivity index (χ3v) is 4.05. The number of nitrogens with one attached hydrogen (secondary N) is 1. The summed E-state index contributed by atoms with van der Waals surface area (Å²) in [6.45, 7) is 4.66. The van der Waals surface area contributed by atoms with Crippen LogP contribution < -0.4 is 5.32 Å². The van der Waals surface area contributed by atoms with E-state index in [1.54, 1.807) is 12.1 Å². The molecule has 1 aliphatic carbocycles. The second-order valence-electron chi connectivity index (χ2n) is 4.22. The molecule has 0 saturated carbocycles. The van der Waals surface area contributed by atoms with Gasteiger partial charge in [0.15, 0.2) is 0 Å². The lowest BCUT2D eigenvalue weighted by Gasteiger charge is -2.13. The van der Waals surface area contributed by atoms with Gasteiger partial charge in [-0.15, -0.1) is 6.58 Å². The fourth-order valence-electron chi connectivity index (χ4n) is 2.29. The standard InChI is InChI=1S/C14H18FNS/c1-2-9-17-10-8-16-14-7-6-11-12(14)4-3-5-13(11)15/h2-5,14,16H,1,6-10H2. The molecule has 1 aliphatic rings. The molecule has 0 radical (unpaired) electrons. The first kappa shape index (κ1) is 12.7. The van der Waals surface area contributed by atoms with Gasteiger partial charge in [-0.2, -0.15) is 11.8 Å². The van der Waals surface area contributed by atoms with Gasteiger partial charge in [0.25, 0.3) is 0 Å². The summed E-state index contributed by atoms with van der Waals surface area (Å²) in [6, 6.07) is 5.74. The first-order chi connectivity index (χ1) is 8.33. The van der Waals surface area contributed by atoms with Gasteiger partial charge in [0.05, 0.1) is 0 Å². The highest BCUT2D eigenvalue weighted by Crippen LogP contribution is 2.32. The Morgan fingerprint density at radius 3 is 3.24 bits per heavy atom. The zero-order chi connectivity index (χ0) is 12.1. The zero-order valence-corrected chi connectivity index (χ0v) is 10.7. The van der Waals surface area contributed by atoms with E-state index >= 15 is 0 Å². The summed E-state index contributed by atoms with van der Waals surface area (Å²) < 4.78 is 13.5. The zero-order valence-electron chi connectivity index (χ0n) is 9.92. The van der Waals surface area contributed by atoms with Crippen molar-refractivity contribution in [3.05, 3.63) is 47.8 Å². The molecule has 0 aliphatic heterocycles. The van der Waals surface area contributed by atoms with E-state index in [1.165, 1.54) is 0 Å². The predicted octanol–water partition coefficient (Wildman–Crippen LogP) is 3.32. The van der Waals surface area contributed by atoms with Crippen LogP contribution in [0.3, 0.4) is 0 Å². The lowest BCUT2D eigenvalue weighted by Crippen LogP contribution is -2.22. The Labute approximate surface area is 106 Å². The van der Waals surface area contributed by atoms with Crippen LogP contribution in [0, 0.1) is 5.82 Å². The van der Waals surface area contributed by atoms with Crippen LogP contribution in [-0.2, 0) is 6.42 Å². The van der Waals surface area contributed by atoms with E-state index in [9.17, 15) is 4.39 Å². The summed E-state index contributed by atoms with van der Waals surface area (Å²) in [5.74, 6) is 2.03. The molecule has 1 unspecified atom stereocenters. The van der Waals surface area contributed by atoms with Gasteiger partial charge in [0.2, 0.25) is 0 Å². The predicted molar refractivity (Wildman–Crippen MR) is 73.0 cm³/mol. The molecular weight excluding hydrogens is 233 g/mol. The molecular formula is C14H18FNS. The fraction of sp³-hybridized carbons (Fsp3) is 0.429. The van der Waals surface area contributed by atoms with Crippen LogP contribution >= 0.6 is 11.8 Å². The third-order valence-electron chi connectivity index (χ3n) is 3.09. The Morgan fingerprint density at radius 2 is 2.41 bits per heavy atom. The van der Waals surface area contributed by atoms with Crippen LogP contribution in [0.25, 0.3) is 0 Å². The molecule has 0 fully saturated rings. The highest BCUT2D eigenvalue weighted by Gasteiger charge is 2.23. The molecule has 2 rings (SSSR count). The van der Waals surface area contributed by atoms with E-state index in [4.69, 9.17) is 0 Å². The number of fused-ring (bicyclic) bond motifs is 1. The smallest absolute Gasteiger partial charge is 0.126 e. The molecule has 0 bridgehead atoms. The topological polar surface area (TPSA) is 12.0 Å². The van der Waals surface area contributed by atoms with Crippen LogP contribution in [0.1, 0.15) is 23.6 Å². The fourth-order valence-corrected chi connectivity index (χ4v) is 2.89. The van der Waals surface area contributed by atoms with E-state index in [0.717, 1.165) is 42.0 Å². The van der Waals surface area contributed by atoms with Crippen molar-refractivity contribution in [3.8, 4) is 0 Å². The Kier molecular flexibility index (Phi) is 4.63. The van der Waals surface area contributed by atoms with Crippen molar-refractivity contribution >= 4 is 11.8 Å². The number of rotatable bonds is 6. The second kappa shape index (κ2) is 6.22. The molecule has 1 aromatic carbocycles. The largest absolute Gasteiger partial charge is 0.309 e. The van der Waals surface area contributed by atoms with Gasteiger partial charge in [-0.05, 0) is 30.0 Å². The molecule has 3 heteroatoms. The van der Waals surface area contributed by atoms with Crippen LogP contribution in [0.2, 0.25) is 0 Å². The van der Waals surface area contributed by atoms with E-state index in [-0.39, 0.29) is 5.82 Å². The average Bonchev–Trinajstić information content (AvgIpc) is 2.74. The summed E-state index contributed by atoms with van der Waals surface area (Å²) in [5, 5.41) is 3.50. The maximum absolute atomic E-state index is 13.5. The second-order valence-corrected chi connectivity index (χ2v) is 5.37. The summed E-state index contributed by atoms with van der Waals surface area (Å²) in [4.78, 5) is 0. The first-order valence-electron chi connectivity index (χ1n) is 6.02. The summed E-state index contributed by atoms with van der Waals surface area (Å²) >= 11 is 1.87. The van der Waals surface area contributed by atoms with Crippen molar-refractivity contribution < 1.29 is 4.39 Å². The molecule has 0 amide bonds. The van der Waals surface area contributed by atoms with Crippen molar-refractivity contribution in [3.63, 3.8) is 0 Å². The molecule has 0 spiro atoms. The van der Waals surface area contributed by atoms with Gasteiger partial charge < -0.3 is 5.32 Å². The van der Waals surface area contributed by atoms with E-state index in [0.29, 0.717) is 6.04 Å². The van der Waals surface area contributed by atoms with Gasteiger partial charge in [-0.1, -0.05) is 18.2 Å². The van der Waals surface area contributed by atoms with Crippen LogP contribution in [-0.4, -0.2) is 18.1 Å². The number of hydrogen-bond acceptors (Lipinski definition) is 2. The minimum absolute atomic E-state index is 0.0483. The van der Waals surface area contributed by atoms with Gasteiger partial charge in [-0.25, -0.2) is 4.39 Å². The maximum Gasteiger partial charge on any atom is 0.126 e. The number of benzene rings is 1. The Morgan fingerprint density at radius 1 is 1.53 bits per heavy atom. The highest BCUT2D eigenvalue weighted by atomic mass is 32.2. The number of halogens is 1. The van der Waals surface area contributed by atoms with Gasteiger partial charge in [0, 0.05) is 24.1 Å². The Hall–Kier alpha value is -0.800. The summed E-state index contributed by atoms with van der Waals surface area (Å²) in [6.07, 6.45) is 3.80. The molecule has 0 heterocycles. The van der Waals surface area contributed by atoms with E-state index < -0.39 is 0 Å². The Bertz CT molecular complexity index is 392. The van der Waals surface area contributed by atoms with Crippen LogP contribution in [0.15, 0.2) is 30.9 Å². The maximum atomic E-state index is 13.5. The average molecular weight is 251 g/mol. The SMILES string of the molecule is C=CCSCCNC1CCc2c(F)cccc21. The van der Waals surface area contributed by atoms with Gasteiger partial charge in [-0.3, -0.25) is 0 Å². The molecule has 0 saturated heterocycles. The highest BCUT2D eigenvalue weighted by molar-refractivity contribution is 7.99. The van der Waals surface area contributed by atoms with Crippen LogP contribution in [0.5, 0.6) is 0 Å². The minimum atomic E-state index is -0.0483. The quantitative estimate of drug-likeness (QED) is 0.615. The Balaban J connectivity index is 1.85. The van der Waals surface area contributed by atoms with Crippen molar-refractivity contribution in [1.29, 1.82) is 0 Å². The molecule has 1 aromatic rings. The molecule has 1 N–H and O–H groups in total. The van der Waals surface area contributed by atoms with Crippen molar-refractivity contribution in [2.24, 2.45) is 0 Å². The third kappa shape index (κ3) is 3.11. The number of thioether (sulfide) groups is 1. The molecule has 0 aromatic heterocycles. The first-order valence-corrected chi connectivity index (χ1v) is 7.17. The van der Waals surface area contributed by atoms with Crippen LogP contribution in [0.4, 0.5) is 4.39 Å². The van der Waals surface area contributed by atoms with Crippen molar-refractivity contribution in [2.45, 2.75) is 18.9 Å². The lowest BCUT2D eigenvalue weighted by atomic mass is 10.1.